The fourth-order valence-electron chi connectivity index (χ4n) is 5.41. The minimum Gasteiger partial charge on any atom is -0.308 e. The minimum absolute atomic E-state index is 0.447. The van der Waals surface area contributed by atoms with E-state index in [2.05, 4.69) is 37.9 Å². The van der Waals surface area contributed by atoms with Crippen LogP contribution in [0.2, 0.25) is 0 Å². The summed E-state index contributed by atoms with van der Waals surface area (Å²) in [6, 6.07) is 1.55. The van der Waals surface area contributed by atoms with Crippen LogP contribution in [0.15, 0.2) is 0 Å². The molecule has 0 aromatic heterocycles. The fraction of sp³-hybridized carbons (Fsp3) is 1.00. The first-order chi connectivity index (χ1) is 9.94. The molecule has 3 fully saturated rings. The van der Waals surface area contributed by atoms with Gasteiger partial charge in [0.1, 0.15) is 0 Å². The first kappa shape index (κ1) is 15.8. The zero-order valence-corrected chi connectivity index (χ0v) is 14.8. The molecule has 2 atom stereocenters. The molecule has 2 nitrogen and oxygen atoms in total. The van der Waals surface area contributed by atoms with Crippen LogP contribution in [0.25, 0.3) is 0 Å². The molecule has 1 aliphatic heterocycles. The van der Waals surface area contributed by atoms with Crippen LogP contribution in [0.5, 0.6) is 0 Å². The molecule has 3 aliphatic rings. The molecule has 2 saturated carbocycles. The lowest BCUT2D eigenvalue weighted by molar-refractivity contribution is -0.0211. The Hall–Kier alpha value is -0.0800. The van der Waals surface area contributed by atoms with Crippen LogP contribution in [0.4, 0.5) is 0 Å². The highest BCUT2D eigenvalue weighted by molar-refractivity contribution is 5.05. The number of hydrogen-bond acceptors (Lipinski definition) is 2. The predicted molar refractivity (Wildman–Crippen MR) is 90.6 cm³/mol. The maximum atomic E-state index is 4.01. The summed E-state index contributed by atoms with van der Waals surface area (Å²) < 4.78 is 0. The van der Waals surface area contributed by atoms with Gasteiger partial charge in [0.05, 0.1) is 0 Å². The molecule has 21 heavy (non-hydrogen) atoms. The molecule has 122 valence electrons. The first-order valence-electron chi connectivity index (χ1n) is 9.44. The van der Waals surface area contributed by atoms with E-state index in [1.165, 1.54) is 64.5 Å². The Morgan fingerprint density at radius 1 is 1.00 bits per heavy atom. The highest BCUT2D eigenvalue weighted by Gasteiger charge is 2.47. The van der Waals surface area contributed by atoms with Crippen molar-refractivity contribution in [2.45, 2.75) is 96.7 Å². The standard InChI is InChI=1S/C19H36N2/c1-15(2)16-13-20-19(11-6-5-7-12-19)14-21(16)17-9-8-10-18(17,3)4/h15-17,20H,5-14H2,1-4H3. The third kappa shape index (κ3) is 3.03. The zero-order valence-electron chi connectivity index (χ0n) is 14.8. The van der Waals surface area contributed by atoms with Crippen molar-refractivity contribution in [1.82, 2.24) is 10.2 Å². The summed E-state index contributed by atoms with van der Waals surface area (Å²) in [6.07, 6.45) is 11.4. The van der Waals surface area contributed by atoms with Gasteiger partial charge in [0.15, 0.2) is 0 Å². The van der Waals surface area contributed by atoms with Crippen molar-refractivity contribution < 1.29 is 0 Å². The monoisotopic (exact) mass is 292 g/mol. The predicted octanol–water partition coefficient (Wildman–Crippen LogP) is 4.20. The third-order valence-corrected chi connectivity index (χ3v) is 6.78. The van der Waals surface area contributed by atoms with Crippen molar-refractivity contribution in [3.63, 3.8) is 0 Å². The molecule has 3 rings (SSSR count). The molecule has 1 spiro atoms. The maximum Gasteiger partial charge on any atom is 0.0309 e. The van der Waals surface area contributed by atoms with Crippen LogP contribution >= 0.6 is 0 Å². The average Bonchev–Trinajstić information content (AvgIpc) is 2.78. The smallest absolute Gasteiger partial charge is 0.0309 e. The second kappa shape index (κ2) is 5.85. The minimum atomic E-state index is 0.447. The van der Waals surface area contributed by atoms with E-state index in [0.29, 0.717) is 11.0 Å². The molecule has 0 amide bonds. The van der Waals surface area contributed by atoms with Gasteiger partial charge >= 0.3 is 0 Å². The van der Waals surface area contributed by atoms with Gasteiger partial charge in [-0.2, -0.15) is 0 Å². The van der Waals surface area contributed by atoms with Crippen LogP contribution in [-0.2, 0) is 0 Å². The van der Waals surface area contributed by atoms with Gasteiger partial charge in [0.25, 0.3) is 0 Å². The molecular formula is C19H36N2. The zero-order chi connectivity index (χ0) is 15.1. The van der Waals surface area contributed by atoms with E-state index in [1.807, 2.05) is 0 Å². The number of rotatable bonds is 2. The molecule has 1 saturated heterocycles. The number of nitrogens with zero attached hydrogens (tertiary/aromatic N) is 1. The molecule has 2 unspecified atom stereocenters. The van der Waals surface area contributed by atoms with Crippen molar-refractivity contribution in [1.29, 1.82) is 0 Å². The summed E-state index contributed by atoms with van der Waals surface area (Å²) in [7, 11) is 0. The molecule has 2 aliphatic carbocycles. The van der Waals surface area contributed by atoms with Crippen molar-refractivity contribution in [3.8, 4) is 0 Å². The lowest BCUT2D eigenvalue weighted by Crippen LogP contribution is -2.68. The van der Waals surface area contributed by atoms with Crippen LogP contribution in [0.1, 0.15) is 79.1 Å². The quantitative estimate of drug-likeness (QED) is 0.820. The summed E-state index contributed by atoms with van der Waals surface area (Å²) >= 11 is 0. The van der Waals surface area contributed by atoms with Crippen LogP contribution < -0.4 is 5.32 Å². The Balaban J connectivity index is 1.81. The molecule has 2 heteroatoms. The van der Waals surface area contributed by atoms with Crippen LogP contribution in [0.3, 0.4) is 0 Å². The highest BCUT2D eigenvalue weighted by atomic mass is 15.3. The average molecular weight is 293 g/mol. The summed E-state index contributed by atoms with van der Waals surface area (Å²) in [6.45, 7) is 12.4. The SMILES string of the molecule is CC(C)C1CNC2(CCCCC2)CN1C1CCCC1(C)C. The van der Waals surface area contributed by atoms with Crippen LogP contribution in [0, 0.1) is 11.3 Å². The third-order valence-electron chi connectivity index (χ3n) is 6.78. The van der Waals surface area contributed by atoms with Crippen molar-refractivity contribution in [3.05, 3.63) is 0 Å². The summed E-state index contributed by atoms with van der Waals surface area (Å²) in [4.78, 5) is 2.96. The lowest BCUT2D eigenvalue weighted by atomic mass is 9.76. The van der Waals surface area contributed by atoms with Gasteiger partial charge < -0.3 is 5.32 Å². The van der Waals surface area contributed by atoms with Gasteiger partial charge in [-0.15, -0.1) is 0 Å². The molecule has 0 radical (unpaired) electrons. The Labute approximate surface area is 132 Å². The van der Waals surface area contributed by atoms with Gasteiger partial charge in [-0.3, -0.25) is 4.90 Å². The molecule has 1 N–H and O–H groups in total. The van der Waals surface area contributed by atoms with E-state index in [9.17, 15) is 0 Å². The number of nitrogens with one attached hydrogen (secondary N) is 1. The normalized spacial score (nSPS) is 36.4. The van der Waals surface area contributed by atoms with E-state index in [1.54, 1.807) is 0 Å². The second-order valence-corrected chi connectivity index (χ2v) is 9.10. The van der Waals surface area contributed by atoms with Gasteiger partial charge in [-0.05, 0) is 37.0 Å². The van der Waals surface area contributed by atoms with Gasteiger partial charge in [-0.1, -0.05) is 53.4 Å². The van der Waals surface area contributed by atoms with Crippen molar-refractivity contribution >= 4 is 0 Å². The molecular weight excluding hydrogens is 256 g/mol. The van der Waals surface area contributed by atoms with E-state index in [-0.39, 0.29) is 0 Å². The summed E-state index contributed by atoms with van der Waals surface area (Å²) in [5, 5.41) is 4.01. The summed E-state index contributed by atoms with van der Waals surface area (Å²) in [5.41, 5.74) is 0.961. The Bertz CT molecular complexity index is 355. The maximum absolute atomic E-state index is 4.01. The van der Waals surface area contributed by atoms with E-state index in [4.69, 9.17) is 0 Å². The van der Waals surface area contributed by atoms with Gasteiger partial charge in [0, 0.05) is 30.7 Å². The lowest BCUT2D eigenvalue weighted by Gasteiger charge is -2.54. The topological polar surface area (TPSA) is 15.3 Å². The molecule has 0 aromatic carbocycles. The van der Waals surface area contributed by atoms with Gasteiger partial charge in [0.2, 0.25) is 0 Å². The Morgan fingerprint density at radius 3 is 2.29 bits per heavy atom. The molecule has 0 aromatic rings. The van der Waals surface area contributed by atoms with E-state index in [0.717, 1.165) is 18.0 Å². The summed E-state index contributed by atoms with van der Waals surface area (Å²) in [5.74, 6) is 0.759. The fourth-order valence-corrected chi connectivity index (χ4v) is 5.41. The Morgan fingerprint density at radius 2 is 1.71 bits per heavy atom. The first-order valence-corrected chi connectivity index (χ1v) is 9.44. The van der Waals surface area contributed by atoms with Crippen LogP contribution in [-0.4, -0.2) is 35.6 Å². The second-order valence-electron chi connectivity index (χ2n) is 9.10. The number of hydrogen-bond donors (Lipinski definition) is 1. The van der Waals surface area contributed by atoms with Gasteiger partial charge in [-0.25, -0.2) is 0 Å². The molecule has 1 heterocycles. The van der Waals surface area contributed by atoms with Crippen molar-refractivity contribution in [2.24, 2.45) is 11.3 Å². The highest BCUT2D eigenvalue weighted by Crippen LogP contribution is 2.44. The van der Waals surface area contributed by atoms with E-state index >= 15 is 0 Å². The van der Waals surface area contributed by atoms with Crippen molar-refractivity contribution in [2.75, 3.05) is 13.1 Å². The largest absolute Gasteiger partial charge is 0.308 e. The van der Waals surface area contributed by atoms with E-state index < -0.39 is 0 Å². The molecule has 0 bridgehead atoms. The number of piperazine rings is 1. The Kier molecular flexibility index (Phi) is 4.40.